The average Bonchev–Trinajstić information content (AvgIpc) is 2.39. The first kappa shape index (κ1) is 13.3. The Balaban J connectivity index is 1.95. The number of hydrogen-bond acceptors (Lipinski definition) is 1. The highest BCUT2D eigenvalue weighted by molar-refractivity contribution is 5.94. The van der Waals surface area contributed by atoms with E-state index in [-0.39, 0.29) is 11.9 Å². The summed E-state index contributed by atoms with van der Waals surface area (Å²) in [7, 11) is 0. The van der Waals surface area contributed by atoms with Crippen molar-refractivity contribution in [2.75, 3.05) is 0 Å². The van der Waals surface area contributed by atoms with Crippen molar-refractivity contribution < 1.29 is 4.79 Å². The molecule has 0 spiro atoms. The summed E-state index contributed by atoms with van der Waals surface area (Å²) in [6.07, 6.45) is 0.846. The quantitative estimate of drug-likeness (QED) is 0.889. The molecule has 0 heterocycles. The maximum atomic E-state index is 12.1. The van der Waals surface area contributed by atoms with Crippen LogP contribution in [0.5, 0.6) is 0 Å². The lowest BCUT2D eigenvalue weighted by atomic mass is 10.1. The minimum atomic E-state index is -0.00729. The largest absolute Gasteiger partial charge is 0.349 e. The number of hydrogen-bond donors (Lipinski definition) is 1. The Hall–Kier alpha value is -2.09. The van der Waals surface area contributed by atoms with Gasteiger partial charge in [0.25, 0.3) is 5.91 Å². The summed E-state index contributed by atoms with van der Waals surface area (Å²) in [6.45, 7) is 4.02. The first-order valence-corrected chi connectivity index (χ1v) is 6.56. The van der Waals surface area contributed by atoms with Gasteiger partial charge in [-0.05, 0) is 38.0 Å². The lowest BCUT2D eigenvalue weighted by molar-refractivity contribution is 0.0940. The summed E-state index contributed by atoms with van der Waals surface area (Å²) in [4.78, 5) is 12.1. The van der Waals surface area contributed by atoms with Gasteiger partial charge < -0.3 is 5.32 Å². The standard InChI is InChI=1S/C17H19NO/c1-13-7-6-10-16(11-13)17(19)18-14(2)12-15-8-4-3-5-9-15/h3-11,14H,12H2,1-2H3,(H,18,19). The fourth-order valence-corrected chi connectivity index (χ4v) is 2.11. The van der Waals surface area contributed by atoms with Crippen LogP contribution < -0.4 is 5.32 Å². The van der Waals surface area contributed by atoms with Crippen LogP contribution in [0.25, 0.3) is 0 Å². The molecule has 2 aromatic carbocycles. The second-order valence-electron chi connectivity index (χ2n) is 4.93. The van der Waals surface area contributed by atoms with Crippen LogP contribution in [0.3, 0.4) is 0 Å². The molecule has 0 aliphatic heterocycles. The summed E-state index contributed by atoms with van der Waals surface area (Å²) < 4.78 is 0. The van der Waals surface area contributed by atoms with E-state index in [0.29, 0.717) is 0 Å². The van der Waals surface area contributed by atoms with Gasteiger partial charge in [0.2, 0.25) is 0 Å². The van der Waals surface area contributed by atoms with Gasteiger partial charge in [-0.1, -0.05) is 48.0 Å². The van der Waals surface area contributed by atoms with E-state index in [2.05, 4.69) is 17.4 Å². The van der Waals surface area contributed by atoms with Crippen molar-refractivity contribution in [2.45, 2.75) is 26.3 Å². The Morgan fingerprint density at radius 2 is 1.84 bits per heavy atom. The van der Waals surface area contributed by atoms with Gasteiger partial charge in [-0.15, -0.1) is 0 Å². The van der Waals surface area contributed by atoms with E-state index in [1.807, 2.05) is 56.3 Å². The molecule has 0 aromatic heterocycles. The Labute approximate surface area is 114 Å². The van der Waals surface area contributed by atoms with Crippen molar-refractivity contribution in [2.24, 2.45) is 0 Å². The molecule has 19 heavy (non-hydrogen) atoms. The van der Waals surface area contributed by atoms with Crippen LogP contribution in [0.15, 0.2) is 54.6 Å². The molecule has 0 radical (unpaired) electrons. The van der Waals surface area contributed by atoms with Crippen molar-refractivity contribution in [3.8, 4) is 0 Å². The highest BCUT2D eigenvalue weighted by Crippen LogP contribution is 2.06. The van der Waals surface area contributed by atoms with Gasteiger partial charge in [0.05, 0.1) is 0 Å². The third-order valence-corrected chi connectivity index (χ3v) is 3.04. The predicted molar refractivity (Wildman–Crippen MR) is 78.3 cm³/mol. The van der Waals surface area contributed by atoms with Crippen LogP contribution in [-0.2, 0) is 6.42 Å². The van der Waals surface area contributed by atoms with Crippen molar-refractivity contribution in [1.82, 2.24) is 5.32 Å². The molecule has 2 heteroatoms. The van der Waals surface area contributed by atoms with Gasteiger partial charge in [-0.25, -0.2) is 0 Å². The fraction of sp³-hybridized carbons (Fsp3) is 0.235. The Morgan fingerprint density at radius 1 is 1.11 bits per heavy atom. The summed E-state index contributed by atoms with van der Waals surface area (Å²) >= 11 is 0. The van der Waals surface area contributed by atoms with Crippen molar-refractivity contribution >= 4 is 5.91 Å². The first-order chi connectivity index (χ1) is 9.15. The minimum Gasteiger partial charge on any atom is -0.349 e. The smallest absolute Gasteiger partial charge is 0.251 e. The normalized spacial score (nSPS) is 11.9. The molecule has 1 unspecified atom stereocenters. The highest BCUT2D eigenvalue weighted by Gasteiger charge is 2.10. The lowest BCUT2D eigenvalue weighted by Crippen LogP contribution is -2.34. The third-order valence-electron chi connectivity index (χ3n) is 3.04. The van der Waals surface area contributed by atoms with Crippen LogP contribution >= 0.6 is 0 Å². The molecule has 0 aliphatic carbocycles. The number of carbonyl (C=O) groups is 1. The van der Waals surface area contributed by atoms with Crippen molar-refractivity contribution in [1.29, 1.82) is 0 Å². The lowest BCUT2D eigenvalue weighted by Gasteiger charge is -2.14. The molecule has 0 saturated heterocycles. The summed E-state index contributed by atoms with van der Waals surface area (Å²) in [5, 5.41) is 3.03. The van der Waals surface area contributed by atoms with Gasteiger partial charge in [-0.2, -0.15) is 0 Å². The van der Waals surface area contributed by atoms with E-state index in [1.54, 1.807) is 0 Å². The topological polar surface area (TPSA) is 29.1 Å². The average molecular weight is 253 g/mol. The zero-order chi connectivity index (χ0) is 13.7. The molecule has 0 saturated carbocycles. The van der Waals surface area contributed by atoms with E-state index in [9.17, 15) is 4.79 Å². The zero-order valence-corrected chi connectivity index (χ0v) is 11.4. The van der Waals surface area contributed by atoms with Gasteiger partial charge in [-0.3, -0.25) is 4.79 Å². The summed E-state index contributed by atoms with van der Waals surface area (Å²) in [5.74, 6) is -0.00729. The van der Waals surface area contributed by atoms with Crippen LogP contribution in [-0.4, -0.2) is 11.9 Å². The minimum absolute atomic E-state index is 0.00729. The molecule has 0 bridgehead atoms. The number of amides is 1. The molecule has 2 aromatic rings. The Bertz CT molecular complexity index is 548. The maximum absolute atomic E-state index is 12.1. The van der Waals surface area contributed by atoms with Crippen LogP contribution in [0.2, 0.25) is 0 Å². The molecule has 2 rings (SSSR count). The summed E-state index contributed by atoms with van der Waals surface area (Å²) in [5.41, 5.74) is 3.06. The molecule has 2 nitrogen and oxygen atoms in total. The Morgan fingerprint density at radius 3 is 2.53 bits per heavy atom. The molecule has 0 aliphatic rings. The number of carbonyl (C=O) groups excluding carboxylic acids is 1. The predicted octanol–water partition coefficient (Wildman–Crippen LogP) is 3.36. The molecular formula is C17H19NO. The number of rotatable bonds is 4. The second-order valence-corrected chi connectivity index (χ2v) is 4.93. The first-order valence-electron chi connectivity index (χ1n) is 6.56. The number of aryl methyl sites for hydroxylation is 1. The third kappa shape index (κ3) is 3.95. The molecule has 1 amide bonds. The van der Waals surface area contributed by atoms with Gasteiger partial charge >= 0.3 is 0 Å². The second kappa shape index (κ2) is 6.19. The zero-order valence-electron chi connectivity index (χ0n) is 11.4. The van der Waals surface area contributed by atoms with Gasteiger partial charge in [0.15, 0.2) is 0 Å². The monoisotopic (exact) mass is 253 g/mol. The Kier molecular flexibility index (Phi) is 4.35. The molecule has 1 N–H and O–H groups in total. The van der Waals surface area contributed by atoms with E-state index < -0.39 is 0 Å². The SMILES string of the molecule is Cc1cccc(C(=O)NC(C)Cc2ccccc2)c1. The van der Waals surface area contributed by atoms with Gasteiger partial charge in [0, 0.05) is 11.6 Å². The van der Waals surface area contributed by atoms with Crippen LogP contribution in [0, 0.1) is 6.92 Å². The number of nitrogens with one attached hydrogen (secondary N) is 1. The van der Waals surface area contributed by atoms with Crippen LogP contribution in [0.4, 0.5) is 0 Å². The van der Waals surface area contributed by atoms with E-state index in [0.717, 1.165) is 17.5 Å². The van der Waals surface area contributed by atoms with Crippen molar-refractivity contribution in [3.63, 3.8) is 0 Å². The van der Waals surface area contributed by atoms with Crippen LogP contribution in [0.1, 0.15) is 28.4 Å². The van der Waals surface area contributed by atoms with Gasteiger partial charge in [0.1, 0.15) is 0 Å². The van der Waals surface area contributed by atoms with Crippen molar-refractivity contribution in [3.05, 3.63) is 71.3 Å². The maximum Gasteiger partial charge on any atom is 0.251 e. The van der Waals surface area contributed by atoms with E-state index in [4.69, 9.17) is 0 Å². The molecule has 0 fully saturated rings. The van der Waals surface area contributed by atoms with E-state index in [1.165, 1.54) is 5.56 Å². The van der Waals surface area contributed by atoms with E-state index >= 15 is 0 Å². The molecule has 98 valence electrons. The number of benzene rings is 2. The fourth-order valence-electron chi connectivity index (χ4n) is 2.11. The summed E-state index contributed by atoms with van der Waals surface area (Å²) in [6, 6.07) is 18.0. The molecule has 1 atom stereocenters. The molecular weight excluding hydrogens is 234 g/mol. The highest BCUT2D eigenvalue weighted by atomic mass is 16.1.